The van der Waals surface area contributed by atoms with E-state index in [-0.39, 0.29) is 18.2 Å². The van der Waals surface area contributed by atoms with Gasteiger partial charge in [-0.2, -0.15) is 0 Å². The Hall–Kier alpha value is -1.06. The van der Waals surface area contributed by atoms with Gasteiger partial charge in [0.1, 0.15) is 6.42 Å². The fraction of sp³-hybridized carbons (Fsp3) is 0.846. The van der Waals surface area contributed by atoms with Crippen LogP contribution in [-0.2, 0) is 9.59 Å². The van der Waals surface area contributed by atoms with Crippen molar-refractivity contribution in [2.45, 2.75) is 64.3 Å². The molecule has 1 saturated carbocycles. The fourth-order valence-electron chi connectivity index (χ4n) is 2.16. The second-order valence-corrected chi connectivity index (χ2v) is 4.78. The van der Waals surface area contributed by atoms with Gasteiger partial charge in [-0.1, -0.05) is 32.6 Å². The van der Waals surface area contributed by atoms with Gasteiger partial charge in [-0.15, -0.1) is 0 Å². The smallest absolute Gasteiger partial charge is 0.229 e. The summed E-state index contributed by atoms with van der Waals surface area (Å²) in [7, 11) is 0. The molecule has 4 heteroatoms. The minimum atomic E-state index is -0.156. The van der Waals surface area contributed by atoms with Gasteiger partial charge in [0, 0.05) is 12.6 Å². The molecule has 0 aromatic carbocycles. The van der Waals surface area contributed by atoms with Crippen LogP contribution >= 0.6 is 0 Å². The Bertz CT molecular complexity index is 248. The zero-order valence-electron chi connectivity index (χ0n) is 10.8. The highest BCUT2D eigenvalue weighted by Crippen LogP contribution is 2.17. The molecule has 0 radical (unpaired) electrons. The molecule has 2 amide bonds. The van der Waals surface area contributed by atoms with Crippen molar-refractivity contribution < 1.29 is 9.59 Å². The maximum absolute atomic E-state index is 11.5. The molecule has 0 unspecified atom stereocenters. The molecule has 1 aliphatic rings. The Balaban J connectivity index is 2.06. The third kappa shape index (κ3) is 6.29. The van der Waals surface area contributed by atoms with Crippen LogP contribution in [0.2, 0.25) is 0 Å². The van der Waals surface area contributed by atoms with E-state index in [0.29, 0.717) is 12.6 Å². The van der Waals surface area contributed by atoms with E-state index >= 15 is 0 Å². The van der Waals surface area contributed by atoms with Crippen LogP contribution in [0.3, 0.4) is 0 Å². The highest BCUT2D eigenvalue weighted by Gasteiger charge is 2.18. The van der Waals surface area contributed by atoms with Crippen molar-refractivity contribution in [1.29, 1.82) is 0 Å². The van der Waals surface area contributed by atoms with Crippen molar-refractivity contribution in [3.8, 4) is 0 Å². The maximum Gasteiger partial charge on any atom is 0.229 e. The molecular weight excluding hydrogens is 216 g/mol. The lowest BCUT2D eigenvalue weighted by Gasteiger charge is -2.11. The predicted octanol–water partition coefficient (Wildman–Crippen LogP) is 1.74. The van der Waals surface area contributed by atoms with E-state index in [9.17, 15) is 9.59 Å². The Morgan fingerprint density at radius 2 is 1.82 bits per heavy atom. The minimum absolute atomic E-state index is 0.0252. The lowest BCUT2D eigenvalue weighted by atomic mass is 10.2. The topological polar surface area (TPSA) is 58.2 Å². The average molecular weight is 240 g/mol. The molecule has 98 valence electrons. The third-order valence-corrected chi connectivity index (χ3v) is 3.14. The van der Waals surface area contributed by atoms with Crippen molar-refractivity contribution in [2.24, 2.45) is 0 Å². The third-order valence-electron chi connectivity index (χ3n) is 3.14. The van der Waals surface area contributed by atoms with Gasteiger partial charge in [0.25, 0.3) is 0 Å². The summed E-state index contributed by atoms with van der Waals surface area (Å²) in [6.45, 7) is 2.81. The molecule has 0 atom stereocenters. The lowest BCUT2D eigenvalue weighted by Crippen LogP contribution is -2.36. The number of nitrogens with one attached hydrogen (secondary N) is 2. The second kappa shape index (κ2) is 8.09. The first-order valence-corrected chi connectivity index (χ1v) is 6.78. The normalized spacial score (nSPS) is 15.8. The Labute approximate surface area is 104 Å². The van der Waals surface area contributed by atoms with Gasteiger partial charge in [0.15, 0.2) is 0 Å². The molecule has 4 nitrogen and oxygen atoms in total. The molecule has 0 saturated heterocycles. The number of rotatable bonds is 7. The molecule has 17 heavy (non-hydrogen) atoms. The summed E-state index contributed by atoms with van der Waals surface area (Å²) >= 11 is 0. The van der Waals surface area contributed by atoms with Gasteiger partial charge in [0.05, 0.1) is 0 Å². The van der Waals surface area contributed by atoms with Crippen molar-refractivity contribution in [1.82, 2.24) is 10.6 Å². The summed E-state index contributed by atoms with van der Waals surface area (Å²) in [6.07, 6.45) is 7.72. The number of amides is 2. The summed E-state index contributed by atoms with van der Waals surface area (Å²) in [6, 6.07) is 0.301. The van der Waals surface area contributed by atoms with Crippen LogP contribution in [-0.4, -0.2) is 24.4 Å². The van der Waals surface area contributed by atoms with E-state index in [1.807, 2.05) is 0 Å². The van der Waals surface area contributed by atoms with Gasteiger partial charge >= 0.3 is 0 Å². The zero-order chi connectivity index (χ0) is 12.5. The molecule has 0 bridgehead atoms. The van der Waals surface area contributed by atoms with Crippen LogP contribution in [0.5, 0.6) is 0 Å². The number of unbranched alkanes of at least 4 members (excludes halogenated alkanes) is 2. The molecule has 0 spiro atoms. The SMILES string of the molecule is CCCCCNC(=O)CC(=O)NC1CCCC1. The monoisotopic (exact) mass is 240 g/mol. The molecule has 0 aliphatic heterocycles. The molecule has 0 heterocycles. The van der Waals surface area contributed by atoms with E-state index in [1.165, 1.54) is 12.8 Å². The Morgan fingerprint density at radius 3 is 2.47 bits per heavy atom. The zero-order valence-corrected chi connectivity index (χ0v) is 10.8. The van der Waals surface area contributed by atoms with Crippen LogP contribution in [0.15, 0.2) is 0 Å². The Morgan fingerprint density at radius 1 is 1.12 bits per heavy atom. The van der Waals surface area contributed by atoms with Crippen LogP contribution in [0.25, 0.3) is 0 Å². The van der Waals surface area contributed by atoms with Crippen molar-refractivity contribution >= 4 is 11.8 Å². The molecule has 0 aromatic heterocycles. The first-order valence-electron chi connectivity index (χ1n) is 6.78. The first-order chi connectivity index (χ1) is 8.22. The van der Waals surface area contributed by atoms with Crippen molar-refractivity contribution in [3.63, 3.8) is 0 Å². The van der Waals surface area contributed by atoms with E-state index in [0.717, 1.165) is 32.1 Å². The molecule has 1 fully saturated rings. The number of hydrogen-bond acceptors (Lipinski definition) is 2. The second-order valence-electron chi connectivity index (χ2n) is 4.78. The quantitative estimate of drug-likeness (QED) is 0.526. The fourth-order valence-corrected chi connectivity index (χ4v) is 2.16. The molecule has 1 rings (SSSR count). The predicted molar refractivity (Wildman–Crippen MR) is 67.6 cm³/mol. The summed E-state index contributed by atoms with van der Waals surface area (Å²) in [5.41, 5.74) is 0. The number of hydrogen-bond donors (Lipinski definition) is 2. The summed E-state index contributed by atoms with van der Waals surface area (Å²) in [5, 5.41) is 5.69. The minimum Gasteiger partial charge on any atom is -0.356 e. The van der Waals surface area contributed by atoms with E-state index in [2.05, 4.69) is 17.6 Å². The van der Waals surface area contributed by atoms with Crippen LogP contribution in [0.1, 0.15) is 58.3 Å². The lowest BCUT2D eigenvalue weighted by molar-refractivity contribution is -0.129. The highest BCUT2D eigenvalue weighted by molar-refractivity contribution is 5.96. The molecular formula is C13H24N2O2. The maximum atomic E-state index is 11.5. The van der Waals surface area contributed by atoms with Gasteiger partial charge in [-0.05, 0) is 19.3 Å². The number of carbonyl (C=O) groups excluding carboxylic acids is 2. The first kappa shape index (κ1) is 14.0. The standard InChI is InChI=1S/C13H24N2O2/c1-2-3-6-9-14-12(16)10-13(17)15-11-7-4-5-8-11/h11H,2-10H2,1H3,(H,14,16)(H,15,17). The summed E-state index contributed by atoms with van der Waals surface area (Å²) in [4.78, 5) is 22.9. The van der Waals surface area contributed by atoms with E-state index in [1.54, 1.807) is 0 Å². The summed E-state index contributed by atoms with van der Waals surface area (Å²) < 4.78 is 0. The van der Waals surface area contributed by atoms with Gasteiger partial charge < -0.3 is 10.6 Å². The average Bonchev–Trinajstić information content (AvgIpc) is 2.77. The largest absolute Gasteiger partial charge is 0.356 e. The Kier molecular flexibility index (Phi) is 6.67. The highest BCUT2D eigenvalue weighted by atomic mass is 16.2. The van der Waals surface area contributed by atoms with Crippen LogP contribution < -0.4 is 10.6 Å². The molecule has 1 aliphatic carbocycles. The molecule has 0 aromatic rings. The van der Waals surface area contributed by atoms with E-state index < -0.39 is 0 Å². The van der Waals surface area contributed by atoms with Gasteiger partial charge in [-0.25, -0.2) is 0 Å². The van der Waals surface area contributed by atoms with E-state index in [4.69, 9.17) is 0 Å². The van der Waals surface area contributed by atoms with Crippen LogP contribution in [0.4, 0.5) is 0 Å². The van der Waals surface area contributed by atoms with Gasteiger partial charge in [-0.3, -0.25) is 9.59 Å². The van der Waals surface area contributed by atoms with Crippen molar-refractivity contribution in [3.05, 3.63) is 0 Å². The van der Waals surface area contributed by atoms with Gasteiger partial charge in [0.2, 0.25) is 11.8 Å². The van der Waals surface area contributed by atoms with Crippen LogP contribution in [0, 0.1) is 0 Å². The number of carbonyl (C=O) groups is 2. The van der Waals surface area contributed by atoms with Crippen molar-refractivity contribution in [2.75, 3.05) is 6.54 Å². The molecule has 2 N–H and O–H groups in total. The summed E-state index contributed by atoms with van der Waals surface area (Å²) in [5.74, 6) is -0.290.